The lowest BCUT2D eigenvalue weighted by Gasteiger charge is -2.31. The van der Waals surface area contributed by atoms with Crippen LogP contribution >= 0.6 is 0 Å². The summed E-state index contributed by atoms with van der Waals surface area (Å²) >= 11 is 0. The molecule has 0 aromatic carbocycles. The van der Waals surface area contributed by atoms with Gasteiger partial charge in [0.1, 0.15) is 0 Å². The van der Waals surface area contributed by atoms with Crippen LogP contribution in [0.25, 0.3) is 0 Å². The first kappa shape index (κ1) is 11.1. The van der Waals surface area contributed by atoms with Gasteiger partial charge in [0.25, 0.3) is 0 Å². The van der Waals surface area contributed by atoms with E-state index in [1.54, 1.807) is 0 Å². The summed E-state index contributed by atoms with van der Waals surface area (Å²) in [5.41, 5.74) is 0.326. The first-order chi connectivity index (χ1) is 5.99. The van der Waals surface area contributed by atoms with Gasteiger partial charge in [-0.05, 0) is 37.0 Å². The third kappa shape index (κ3) is 2.49. The van der Waals surface area contributed by atoms with E-state index in [1.165, 1.54) is 19.3 Å². The van der Waals surface area contributed by atoms with Crippen molar-refractivity contribution in [1.82, 2.24) is 5.32 Å². The summed E-state index contributed by atoms with van der Waals surface area (Å²) in [4.78, 5) is 0. The molecule has 0 aromatic rings. The van der Waals surface area contributed by atoms with Gasteiger partial charge in [-0.15, -0.1) is 0 Å². The van der Waals surface area contributed by atoms with Crippen molar-refractivity contribution in [2.75, 3.05) is 0 Å². The highest BCUT2D eigenvalue weighted by Crippen LogP contribution is 2.34. The minimum absolute atomic E-state index is 0.207. The molecule has 1 unspecified atom stereocenters. The Morgan fingerprint density at radius 1 is 1.54 bits per heavy atom. The average Bonchev–Trinajstić information content (AvgIpc) is 2.27. The van der Waals surface area contributed by atoms with Crippen molar-refractivity contribution in [3.63, 3.8) is 0 Å². The molecule has 1 aliphatic heterocycles. The summed E-state index contributed by atoms with van der Waals surface area (Å²) in [5, 5.41) is 3.58. The third-order valence-electron chi connectivity index (χ3n) is 3.27. The predicted molar refractivity (Wildman–Crippen MR) is 58.9 cm³/mol. The van der Waals surface area contributed by atoms with Crippen LogP contribution in [0.4, 0.5) is 0 Å². The van der Waals surface area contributed by atoms with Crippen LogP contribution in [-0.4, -0.2) is 19.3 Å². The first-order valence-corrected chi connectivity index (χ1v) is 5.52. The molecule has 1 rings (SSSR count). The van der Waals surface area contributed by atoms with Crippen LogP contribution < -0.4 is 5.32 Å². The summed E-state index contributed by atoms with van der Waals surface area (Å²) in [6.07, 6.45) is 3.69. The van der Waals surface area contributed by atoms with Gasteiger partial charge in [0.05, 0.1) is 7.85 Å². The monoisotopic (exact) mass is 179 g/mol. The number of hydrogen-bond acceptors (Lipinski definition) is 1. The van der Waals surface area contributed by atoms with Crippen LogP contribution in [-0.2, 0) is 0 Å². The fourth-order valence-electron chi connectivity index (χ4n) is 2.61. The first-order valence-electron chi connectivity index (χ1n) is 5.52. The highest BCUT2D eigenvalue weighted by Gasteiger charge is 2.39. The molecule has 0 amide bonds. The van der Waals surface area contributed by atoms with E-state index in [-0.39, 0.29) is 5.94 Å². The second-order valence-corrected chi connectivity index (χ2v) is 5.08. The molecule has 1 fully saturated rings. The molecule has 1 saturated heterocycles. The molecule has 74 valence electrons. The molecular weight excluding hydrogens is 157 g/mol. The van der Waals surface area contributed by atoms with Gasteiger partial charge in [-0.25, -0.2) is 0 Å². The van der Waals surface area contributed by atoms with Crippen molar-refractivity contribution < 1.29 is 0 Å². The van der Waals surface area contributed by atoms with Crippen molar-refractivity contribution in [2.45, 2.75) is 58.4 Å². The van der Waals surface area contributed by atoms with Gasteiger partial charge >= 0.3 is 0 Å². The zero-order valence-corrected chi connectivity index (χ0v) is 9.43. The predicted octanol–water partition coefficient (Wildman–Crippen LogP) is 2.31. The van der Waals surface area contributed by atoms with Crippen LogP contribution in [0.2, 0.25) is 0 Å². The highest BCUT2D eigenvalue weighted by atomic mass is 15.0. The molecule has 0 aromatic heterocycles. The molecular formula is C11H22BN. The Balaban J connectivity index is 2.62. The van der Waals surface area contributed by atoms with E-state index < -0.39 is 0 Å². The maximum atomic E-state index is 5.99. The molecule has 1 nitrogen and oxygen atoms in total. The Bertz CT molecular complexity index is 152. The lowest BCUT2D eigenvalue weighted by atomic mass is 9.81. The van der Waals surface area contributed by atoms with Gasteiger partial charge in [-0.1, -0.05) is 27.7 Å². The summed E-state index contributed by atoms with van der Waals surface area (Å²) in [5.74, 6) is 1.59. The highest BCUT2D eigenvalue weighted by molar-refractivity contribution is 6.12. The van der Waals surface area contributed by atoms with E-state index in [1.807, 2.05) is 0 Å². The Labute approximate surface area is 84.1 Å². The Kier molecular flexibility index (Phi) is 3.45. The summed E-state index contributed by atoms with van der Waals surface area (Å²) in [6, 6.07) is 0. The van der Waals surface area contributed by atoms with Crippen LogP contribution in [0, 0.1) is 11.8 Å². The molecule has 0 saturated carbocycles. The SMILES string of the molecule is [B]C1N[C@@](CC)(CC(C)C)C[C@@H]1C. The minimum Gasteiger partial charge on any atom is -0.317 e. The van der Waals surface area contributed by atoms with Crippen molar-refractivity contribution in [3.05, 3.63) is 0 Å². The maximum absolute atomic E-state index is 5.99. The van der Waals surface area contributed by atoms with Gasteiger partial charge < -0.3 is 5.32 Å². The Morgan fingerprint density at radius 2 is 2.15 bits per heavy atom. The summed E-state index contributed by atoms with van der Waals surface area (Å²) in [7, 11) is 5.99. The van der Waals surface area contributed by atoms with E-state index in [2.05, 4.69) is 33.0 Å². The fraction of sp³-hybridized carbons (Fsp3) is 1.00. The Hall–Kier alpha value is 0.0249. The van der Waals surface area contributed by atoms with E-state index in [0.717, 1.165) is 5.92 Å². The lowest BCUT2D eigenvalue weighted by Crippen LogP contribution is -2.43. The quantitative estimate of drug-likeness (QED) is 0.655. The molecule has 3 atom stereocenters. The Morgan fingerprint density at radius 3 is 2.46 bits per heavy atom. The maximum Gasteiger partial charge on any atom is 0.0910 e. The van der Waals surface area contributed by atoms with Crippen LogP contribution in [0.5, 0.6) is 0 Å². The molecule has 0 bridgehead atoms. The van der Waals surface area contributed by atoms with Crippen molar-refractivity contribution in [1.29, 1.82) is 0 Å². The van der Waals surface area contributed by atoms with Gasteiger partial charge in [0.2, 0.25) is 0 Å². The molecule has 0 spiro atoms. The minimum atomic E-state index is 0.207. The van der Waals surface area contributed by atoms with Crippen molar-refractivity contribution in [2.24, 2.45) is 11.8 Å². The zero-order valence-electron chi connectivity index (χ0n) is 9.43. The van der Waals surface area contributed by atoms with E-state index >= 15 is 0 Å². The standard InChI is InChI=1S/C11H22BN/c1-5-11(6-8(2)3)7-9(4)10(12)13-11/h8-10,13H,5-7H2,1-4H3/t9-,10?,11-/m0/s1. The van der Waals surface area contributed by atoms with Crippen LogP contribution in [0.15, 0.2) is 0 Å². The topological polar surface area (TPSA) is 12.0 Å². The zero-order chi connectivity index (χ0) is 10.1. The second kappa shape index (κ2) is 4.04. The number of nitrogens with one attached hydrogen (secondary N) is 1. The van der Waals surface area contributed by atoms with E-state index in [0.29, 0.717) is 11.5 Å². The van der Waals surface area contributed by atoms with E-state index in [4.69, 9.17) is 7.85 Å². The lowest BCUT2D eigenvalue weighted by molar-refractivity contribution is 0.286. The largest absolute Gasteiger partial charge is 0.317 e. The third-order valence-corrected chi connectivity index (χ3v) is 3.27. The van der Waals surface area contributed by atoms with Crippen molar-refractivity contribution in [3.8, 4) is 0 Å². The molecule has 1 heterocycles. The number of rotatable bonds is 3. The van der Waals surface area contributed by atoms with Crippen LogP contribution in [0.3, 0.4) is 0 Å². The molecule has 2 radical (unpaired) electrons. The van der Waals surface area contributed by atoms with Crippen LogP contribution in [0.1, 0.15) is 47.0 Å². The molecule has 1 N–H and O–H groups in total. The smallest absolute Gasteiger partial charge is 0.0910 e. The van der Waals surface area contributed by atoms with Gasteiger partial charge in [-0.3, -0.25) is 0 Å². The number of hydrogen-bond donors (Lipinski definition) is 1. The normalized spacial score (nSPS) is 40.1. The van der Waals surface area contributed by atoms with Gasteiger partial charge in [0.15, 0.2) is 0 Å². The van der Waals surface area contributed by atoms with Crippen molar-refractivity contribution >= 4 is 7.85 Å². The van der Waals surface area contributed by atoms with E-state index in [9.17, 15) is 0 Å². The second-order valence-electron chi connectivity index (χ2n) is 5.08. The van der Waals surface area contributed by atoms with Gasteiger partial charge in [-0.2, -0.15) is 0 Å². The molecule has 0 aliphatic carbocycles. The molecule has 2 heteroatoms. The fourth-order valence-corrected chi connectivity index (χ4v) is 2.61. The molecule has 13 heavy (non-hydrogen) atoms. The average molecular weight is 179 g/mol. The molecule has 1 aliphatic rings. The summed E-state index contributed by atoms with van der Waals surface area (Å²) in [6.45, 7) is 9.08. The summed E-state index contributed by atoms with van der Waals surface area (Å²) < 4.78 is 0. The van der Waals surface area contributed by atoms with Gasteiger partial charge in [0, 0.05) is 5.54 Å².